The first-order valence-electron chi connectivity index (χ1n) is 9.47. The van der Waals surface area contributed by atoms with E-state index in [0.717, 1.165) is 22.5 Å². The lowest BCUT2D eigenvalue weighted by Gasteiger charge is -2.14. The number of aromatic hydroxyl groups is 1. The van der Waals surface area contributed by atoms with Crippen molar-refractivity contribution in [2.45, 2.75) is 32.2 Å². The molecule has 1 aliphatic carbocycles. The number of phenols is 1. The van der Waals surface area contributed by atoms with Gasteiger partial charge in [-0.1, -0.05) is 42.5 Å². The number of Topliss-reactive ketones (excluding diaryl/α,β-unsaturated/α-hetero) is 2. The first-order chi connectivity index (χ1) is 13.6. The van der Waals surface area contributed by atoms with Crippen molar-refractivity contribution in [3.63, 3.8) is 0 Å². The zero-order valence-electron chi connectivity index (χ0n) is 15.5. The molecule has 1 saturated carbocycles. The van der Waals surface area contributed by atoms with Gasteiger partial charge in [0.25, 0.3) is 0 Å². The van der Waals surface area contributed by atoms with Crippen LogP contribution >= 0.6 is 0 Å². The predicted molar refractivity (Wildman–Crippen MR) is 105 cm³/mol. The van der Waals surface area contributed by atoms with Gasteiger partial charge in [-0.3, -0.25) is 9.59 Å². The molecule has 1 N–H and O–H groups in total. The van der Waals surface area contributed by atoms with Gasteiger partial charge in [0.2, 0.25) is 0 Å². The van der Waals surface area contributed by atoms with Crippen LogP contribution in [0.5, 0.6) is 5.75 Å². The number of carbonyl (C=O) groups excluding carboxylic acids is 2. The fourth-order valence-electron chi connectivity index (χ4n) is 3.83. The van der Waals surface area contributed by atoms with Crippen LogP contribution in [0, 0.1) is 5.92 Å². The second-order valence-corrected chi connectivity index (χ2v) is 7.39. The molecule has 0 saturated heterocycles. The van der Waals surface area contributed by atoms with Crippen molar-refractivity contribution < 1.29 is 14.7 Å². The zero-order valence-corrected chi connectivity index (χ0v) is 15.5. The monoisotopic (exact) mass is 374 g/mol. The molecule has 1 aromatic heterocycles. The highest BCUT2D eigenvalue weighted by Gasteiger charge is 2.32. The summed E-state index contributed by atoms with van der Waals surface area (Å²) in [6.45, 7) is 0.556. The molecule has 1 unspecified atom stereocenters. The largest absolute Gasteiger partial charge is 0.508 e. The Labute approximate surface area is 163 Å². The molecule has 28 heavy (non-hydrogen) atoms. The summed E-state index contributed by atoms with van der Waals surface area (Å²) in [6, 6.07) is 17.2. The van der Waals surface area contributed by atoms with Crippen LogP contribution in [0.15, 0.2) is 60.9 Å². The molecule has 1 fully saturated rings. The van der Waals surface area contributed by atoms with Gasteiger partial charge in [-0.2, -0.15) is 0 Å². The number of benzene rings is 2. The summed E-state index contributed by atoms with van der Waals surface area (Å²) >= 11 is 0. The van der Waals surface area contributed by atoms with Crippen LogP contribution in [0.2, 0.25) is 0 Å². The lowest BCUT2D eigenvalue weighted by Crippen LogP contribution is -2.15. The molecule has 4 rings (SSSR count). The molecule has 0 aliphatic heterocycles. The van der Waals surface area contributed by atoms with Gasteiger partial charge >= 0.3 is 0 Å². The second kappa shape index (κ2) is 7.80. The molecule has 1 heterocycles. The summed E-state index contributed by atoms with van der Waals surface area (Å²) in [4.78, 5) is 28.5. The first-order valence-corrected chi connectivity index (χ1v) is 9.47. The maximum Gasteiger partial charge on any atom is 0.144 e. The van der Waals surface area contributed by atoms with Gasteiger partial charge in [0, 0.05) is 31.0 Å². The molecule has 5 heteroatoms. The van der Waals surface area contributed by atoms with Gasteiger partial charge in [0.1, 0.15) is 17.3 Å². The van der Waals surface area contributed by atoms with E-state index in [0.29, 0.717) is 25.8 Å². The number of aromatic nitrogens is 2. The van der Waals surface area contributed by atoms with Gasteiger partial charge in [0.05, 0.1) is 18.4 Å². The van der Waals surface area contributed by atoms with Gasteiger partial charge in [-0.15, -0.1) is 0 Å². The summed E-state index contributed by atoms with van der Waals surface area (Å²) in [5.74, 6) is 0.0151. The summed E-state index contributed by atoms with van der Waals surface area (Å²) in [7, 11) is 0. The summed E-state index contributed by atoms with van der Waals surface area (Å²) in [6.07, 6.45) is 3.36. The van der Waals surface area contributed by atoms with Crippen molar-refractivity contribution in [1.82, 2.24) is 9.55 Å². The van der Waals surface area contributed by atoms with Crippen LogP contribution < -0.4 is 0 Å². The lowest BCUT2D eigenvalue weighted by atomic mass is 9.97. The minimum absolute atomic E-state index is 0.0265. The molecule has 1 aliphatic rings. The van der Waals surface area contributed by atoms with E-state index in [9.17, 15) is 14.7 Å². The van der Waals surface area contributed by atoms with E-state index in [-0.39, 0.29) is 29.7 Å². The van der Waals surface area contributed by atoms with E-state index >= 15 is 0 Å². The molecule has 0 spiro atoms. The van der Waals surface area contributed by atoms with Crippen LogP contribution in [0.25, 0.3) is 0 Å². The third-order valence-electron chi connectivity index (χ3n) is 5.25. The van der Waals surface area contributed by atoms with E-state index in [2.05, 4.69) is 17.1 Å². The highest BCUT2D eigenvalue weighted by Crippen LogP contribution is 2.26. The topological polar surface area (TPSA) is 72.2 Å². The second-order valence-electron chi connectivity index (χ2n) is 7.39. The third-order valence-corrected chi connectivity index (χ3v) is 5.25. The van der Waals surface area contributed by atoms with Crippen molar-refractivity contribution in [2.75, 3.05) is 0 Å². The fraction of sp³-hybridized carbons (Fsp3) is 0.261. The lowest BCUT2D eigenvalue weighted by molar-refractivity contribution is -0.122. The molecule has 142 valence electrons. The van der Waals surface area contributed by atoms with Crippen molar-refractivity contribution in [3.8, 4) is 5.75 Å². The van der Waals surface area contributed by atoms with Crippen LogP contribution in [-0.4, -0.2) is 26.2 Å². The highest BCUT2D eigenvalue weighted by molar-refractivity contribution is 6.07. The first kappa shape index (κ1) is 18.2. The Morgan fingerprint density at radius 1 is 1.04 bits per heavy atom. The molecule has 0 bridgehead atoms. The number of hydrogen-bond donors (Lipinski definition) is 1. The van der Waals surface area contributed by atoms with Gasteiger partial charge in [-0.05, 0) is 29.7 Å². The molecule has 1 atom stereocenters. The van der Waals surface area contributed by atoms with Crippen molar-refractivity contribution in [3.05, 3.63) is 83.4 Å². The number of carbonyl (C=O) groups is 2. The number of imidazole rings is 1. The quantitative estimate of drug-likeness (QED) is 0.672. The number of hydrogen-bond acceptors (Lipinski definition) is 4. The molecular weight excluding hydrogens is 352 g/mol. The average molecular weight is 374 g/mol. The van der Waals surface area contributed by atoms with E-state index in [1.165, 1.54) is 0 Å². The normalized spacial score (nSPS) is 16.6. The minimum atomic E-state index is -0.262. The summed E-state index contributed by atoms with van der Waals surface area (Å²) in [5.41, 5.74) is 4.03. The molecule has 5 nitrogen and oxygen atoms in total. The van der Waals surface area contributed by atoms with Gasteiger partial charge in [0.15, 0.2) is 0 Å². The summed E-state index contributed by atoms with van der Waals surface area (Å²) in [5, 5.41) is 9.75. The Bertz CT molecular complexity index is 1010. The highest BCUT2D eigenvalue weighted by atomic mass is 16.3. The fourth-order valence-corrected chi connectivity index (χ4v) is 3.83. The third kappa shape index (κ3) is 4.03. The van der Waals surface area contributed by atoms with Crippen molar-refractivity contribution >= 4 is 11.6 Å². The van der Waals surface area contributed by atoms with E-state index in [1.807, 2.05) is 34.9 Å². The zero-order chi connectivity index (χ0) is 19.5. The van der Waals surface area contributed by atoms with Gasteiger partial charge < -0.3 is 9.67 Å². The van der Waals surface area contributed by atoms with E-state index in [4.69, 9.17) is 0 Å². The van der Waals surface area contributed by atoms with Crippen LogP contribution in [0.3, 0.4) is 0 Å². The van der Waals surface area contributed by atoms with Gasteiger partial charge in [-0.25, -0.2) is 4.98 Å². The number of ketones is 2. The van der Waals surface area contributed by atoms with Crippen LogP contribution in [-0.2, 0) is 29.0 Å². The maximum atomic E-state index is 12.2. The maximum absolute atomic E-state index is 12.2. The average Bonchev–Trinajstić information content (AvgIpc) is 3.19. The molecule has 3 aromatic rings. The smallest absolute Gasteiger partial charge is 0.144 e. The standard InChI is InChI=1S/C23H22N2O3/c26-19-8-4-7-17(9-19)14-25-15-24-21(10-16-5-2-1-3-6-16)22(25)12-18-11-20(27)13-23(18)28/h1-9,15,18,26H,10-14H2. The molecular formula is C23H22N2O3. The van der Waals surface area contributed by atoms with Crippen molar-refractivity contribution in [2.24, 2.45) is 5.92 Å². The number of phenolic OH excluding ortho intramolecular Hbond substituents is 1. The number of nitrogens with zero attached hydrogens (tertiary/aromatic N) is 2. The number of rotatable bonds is 6. The Hall–Kier alpha value is -3.21. The van der Waals surface area contributed by atoms with E-state index < -0.39 is 0 Å². The molecule has 0 radical (unpaired) electrons. The van der Waals surface area contributed by atoms with Crippen molar-refractivity contribution in [1.29, 1.82) is 0 Å². The Morgan fingerprint density at radius 3 is 2.54 bits per heavy atom. The Kier molecular flexibility index (Phi) is 5.06. The Balaban J connectivity index is 1.65. The molecule has 0 amide bonds. The van der Waals surface area contributed by atoms with E-state index in [1.54, 1.807) is 18.5 Å². The minimum Gasteiger partial charge on any atom is -0.508 e. The predicted octanol–water partition coefficient (Wildman–Crippen LogP) is 3.32. The molecule has 2 aromatic carbocycles. The Morgan fingerprint density at radius 2 is 1.82 bits per heavy atom. The van der Waals surface area contributed by atoms with Crippen LogP contribution in [0.4, 0.5) is 0 Å². The van der Waals surface area contributed by atoms with Crippen LogP contribution in [0.1, 0.15) is 35.4 Å². The summed E-state index contributed by atoms with van der Waals surface area (Å²) < 4.78 is 2.03. The SMILES string of the molecule is O=C1CC(=O)C(Cc2c(Cc3ccccc3)ncn2Cc2cccc(O)c2)C1.